The van der Waals surface area contributed by atoms with Gasteiger partial charge in [0.25, 0.3) is 0 Å². The van der Waals surface area contributed by atoms with Gasteiger partial charge in [0.05, 0.1) is 19.1 Å². The summed E-state index contributed by atoms with van der Waals surface area (Å²) in [5, 5.41) is 2.77. The first kappa shape index (κ1) is 21.7. The first-order valence-electron chi connectivity index (χ1n) is 8.89. The van der Waals surface area contributed by atoms with Crippen LogP contribution in [0.4, 0.5) is 5.69 Å². The van der Waals surface area contributed by atoms with E-state index in [0.717, 1.165) is 5.56 Å². The Hall–Kier alpha value is -2.58. The Morgan fingerprint density at radius 3 is 2.29 bits per heavy atom. The van der Waals surface area contributed by atoms with Gasteiger partial charge in [0, 0.05) is 18.2 Å². The maximum Gasteiger partial charge on any atom is 0.240 e. The molecule has 2 N–H and O–H groups in total. The van der Waals surface area contributed by atoms with Gasteiger partial charge < -0.3 is 14.8 Å². The van der Waals surface area contributed by atoms with Gasteiger partial charge >= 0.3 is 0 Å². The largest absolute Gasteiger partial charge is 0.493 e. The summed E-state index contributed by atoms with van der Waals surface area (Å²) < 4.78 is 37.4. The zero-order valence-corrected chi connectivity index (χ0v) is 17.3. The van der Waals surface area contributed by atoms with E-state index in [0.29, 0.717) is 23.6 Å². The number of rotatable bonds is 9. The van der Waals surface area contributed by atoms with E-state index in [9.17, 15) is 13.2 Å². The summed E-state index contributed by atoms with van der Waals surface area (Å²) in [7, 11) is -0.429. The number of benzene rings is 2. The van der Waals surface area contributed by atoms with Crippen molar-refractivity contribution < 1.29 is 22.7 Å². The van der Waals surface area contributed by atoms with E-state index in [1.807, 2.05) is 12.1 Å². The van der Waals surface area contributed by atoms with Crippen LogP contribution in [0, 0.1) is 0 Å². The van der Waals surface area contributed by atoms with Crippen molar-refractivity contribution in [1.29, 1.82) is 0 Å². The SMILES string of the molecule is COc1cccc(CCC(=O)Nc2ccc(S(=O)(=O)NC(C)C)cc2)c1OC. The summed E-state index contributed by atoms with van der Waals surface area (Å²) in [6.07, 6.45) is 0.732. The van der Waals surface area contributed by atoms with Crippen molar-refractivity contribution >= 4 is 21.6 Å². The number of aryl methyl sites for hydroxylation is 1. The van der Waals surface area contributed by atoms with Crippen LogP contribution in [0.1, 0.15) is 25.8 Å². The number of sulfonamides is 1. The number of amides is 1. The summed E-state index contributed by atoms with van der Waals surface area (Å²) in [6, 6.07) is 11.4. The van der Waals surface area contributed by atoms with Gasteiger partial charge in [-0.2, -0.15) is 0 Å². The summed E-state index contributed by atoms with van der Waals surface area (Å²) in [6.45, 7) is 3.51. The van der Waals surface area contributed by atoms with Crippen molar-refractivity contribution in [3.05, 3.63) is 48.0 Å². The summed E-state index contributed by atoms with van der Waals surface area (Å²) in [5.74, 6) is 1.05. The minimum atomic E-state index is -3.55. The lowest BCUT2D eigenvalue weighted by Gasteiger charge is -2.13. The molecule has 0 radical (unpaired) electrons. The molecule has 0 bridgehead atoms. The molecule has 28 heavy (non-hydrogen) atoms. The van der Waals surface area contributed by atoms with E-state index in [-0.39, 0.29) is 23.3 Å². The van der Waals surface area contributed by atoms with Crippen molar-refractivity contribution in [3.63, 3.8) is 0 Å². The molecule has 7 nitrogen and oxygen atoms in total. The Bertz CT molecular complexity index is 909. The highest BCUT2D eigenvalue weighted by atomic mass is 32.2. The molecule has 0 atom stereocenters. The van der Waals surface area contributed by atoms with Gasteiger partial charge in [-0.25, -0.2) is 13.1 Å². The zero-order chi connectivity index (χ0) is 20.7. The van der Waals surface area contributed by atoms with E-state index in [4.69, 9.17) is 9.47 Å². The average Bonchev–Trinajstić information content (AvgIpc) is 2.65. The van der Waals surface area contributed by atoms with Crippen LogP contribution < -0.4 is 19.5 Å². The van der Waals surface area contributed by atoms with Gasteiger partial charge in [0.2, 0.25) is 15.9 Å². The van der Waals surface area contributed by atoms with Crippen LogP contribution in [-0.2, 0) is 21.2 Å². The molecule has 0 fully saturated rings. The molecule has 0 saturated carbocycles. The van der Waals surface area contributed by atoms with Gasteiger partial charge in [-0.1, -0.05) is 12.1 Å². The molecule has 152 valence electrons. The number of hydrogen-bond acceptors (Lipinski definition) is 5. The van der Waals surface area contributed by atoms with Crippen LogP contribution in [0.3, 0.4) is 0 Å². The van der Waals surface area contributed by atoms with Crippen molar-refractivity contribution in [2.45, 2.75) is 37.6 Å². The molecule has 1 amide bonds. The molecular formula is C20H26N2O5S. The maximum atomic E-state index is 12.3. The van der Waals surface area contributed by atoms with Gasteiger partial charge in [-0.15, -0.1) is 0 Å². The van der Waals surface area contributed by atoms with Crippen LogP contribution >= 0.6 is 0 Å². The highest BCUT2D eigenvalue weighted by Crippen LogP contribution is 2.31. The Kier molecular flexibility index (Phi) is 7.42. The van der Waals surface area contributed by atoms with Gasteiger partial charge in [0.1, 0.15) is 0 Å². The molecule has 2 rings (SSSR count). The maximum absolute atomic E-state index is 12.3. The van der Waals surface area contributed by atoms with Crippen LogP contribution in [0.25, 0.3) is 0 Å². The van der Waals surface area contributed by atoms with Gasteiger partial charge in [-0.05, 0) is 56.2 Å². The molecule has 0 aromatic heterocycles. The standard InChI is InChI=1S/C20H26N2O5S/c1-14(2)22-28(24,25)17-11-9-16(10-12-17)21-19(23)13-8-15-6-5-7-18(26-3)20(15)27-4/h5-7,9-12,14,22H,8,13H2,1-4H3,(H,21,23). The monoisotopic (exact) mass is 406 g/mol. The number of ether oxygens (including phenoxy) is 2. The lowest BCUT2D eigenvalue weighted by atomic mass is 10.1. The zero-order valence-electron chi connectivity index (χ0n) is 16.5. The second kappa shape index (κ2) is 9.57. The fraction of sp³-hybridized carbons (Fsp3) is 0.350. The summed E-state index contributed by atoms with van der Waals surface area (Å²) in [5.41, 5.74) is 1.41. The Morgan fingerprint density at radius 1 is 1.04 bits per heavy atom. The predicted octanol–water partition coefficient (Wildman–Crippen LogP) is 2.96. The second-order valence-corrected chi connectivity index (χ2v) is 8.22. The van der Waals surface area contributed by atoms with Crippen molar-refractivity contribution in [2.75, 3.05) is 19.5 Å². The second-order valence-electron chi connectivity index (χ2n) is 6.50. The quantitative estimate of drug-likeness (QED) is 0.668. The fourth-order valence-electron chi connectivity index (χ4n) is 2.72. The smallest absolute Gasteiger partial charge is 0.240 e. The molecule has 2 aromatic carbocycles. The molecule has 0 aliphatic heterocycles. The highest BCUT2D eigenvalue weighted by Gasteiger charge is 2.15. The van der Waals surface area contributed by atoms with Crippen LogP contribution in [0.2, 0.25) is 0 Å². The highest BCUT2D eigenvalue weighted by molar-refractivity contribution is 7.89. The summed E-state index contributed by atoms with van der Waals surface area (Å²) in [4.78, 5) is 12.4. The Balaban J connectivity index is 1.99. The molecule has 2 aromatic rings. The Morgan fingerprint density at radius 2 is 1.71 bits per heavy atom. The molecule has 8 heteroatoms. The van der Waals surface area contributed by atoms with Crippen molar-refractivity contribution in [2.24, 2.45) is 0 Å². The number of nitrogens with one attached hydrogen (secondary N) is 2. The van der Waals surface area contributed by atoms with Crippen LogP contribution in [0.15, 0.2) is 47.4 Å². The number of anilines is 1. The topological polar surface area (TPSA) is 93.7 Å². The molecule has 0 heterocycles. The summed E-state index contributed by atoms with van der Waals surface area (Å²) >= 11 is 0. The number of carbonyl (C=O) groups is 1. The predicted molar refractivity (Wildman–Crippen MR) is 108 cm³/mol. The minimum absolute atomic E-state index is 0.153. The minimum Gasteiger partial charge on any atom is -0.493 e. The number of methoxy groups -OCH3 is 2. The third-order valence-electron chi connectivity index (χ3n) is 3.95. The van der Waals surface area contributed by atoms with Crippen LogP contribution in [-0.4, -0.2) is 34.6 Å². The van der Waals surface area contributed by atoms with Gasteiger partial charge in [0.15, 0.2) is 11.5 Å². The fourth-order valence-corrected chi connectivity index (χ4v) is 3.97. The van der Waals surface area contributed by atoms with E-state index in [2.05, 4.69) is 10.0 Å². The average molecular weight is 407 g/mol. The molecule has 0 aliphatic carbocycles. The third-order valence-corrected chi connectivity index (χ3v) is 5.62. The van der Waals surface area contributed by atoms with E-state index in [1.165, 1.54) is 12.1 Å². The van der Waals surface area contributed by atoms with E-state index in [1.54, 1.807) is 46.3 Å². The molecule has 0 saturated heterocycles. The molecule has 0 spiro atoms. The first-order valence-corrected chi connectivity index (χ1v) is 10.4. The van der Waals surface area contributed by atoms with Crippen LogP contribution in [0.5, 0.6) is 11.5 Å². The number of hydrogen-bond donors (Lipinski definition) is 2. The molecule has 0 unspecified atom stereocenters. The van der Waals surface area contributed by atoms with Crippen molar-refractivity contribution in [1.82, 2.24) is 4.72 Å². The lowest BCUT2D eigenvalue weighted by molar-refractivity contribution is -0.116. The molecule has 0 aliphatic rings. The Labute approximate surface area is 166 Å². The first-order chi connectivity index (χ1) is 13.3. The number of carbonyl (C=O) groups excluding carboxylic acids is 1. The van der Waals surface area contributed by atoms with Crippen molar-refractivity contribution in [3.8, 4) is 11.5 Å². The molecular weight excluding hydrogens is 380 g/mol. The van der Waals surface area contributed by atoms with E-state index < -0.39 is 10.0 Å². The van der Waals surface area contributed by atoms with Gasteiger partial charge in [-0.3, -0.25) is 4.79 Å². The van der Waals surface area contributed by atoms with E-state index >= 15 is 0 Å². The normalized spacial score (nSPS) is 11.3. The third kappa shape index (κ3) is 5.71. The number of para-hydroxylation sites is 1. The lowest BCUT2D eigenvalue weighted by Crippen LogP contribution is -2.30.